The Bertz CT molecular complexity index is 184. The third-order valence-corrected chi connectivity index (χ3v) is 2.33. The molecule has 4 nitrogen and oxygen atoms in total. The van der Waals surface area contributed by atoms with Gasteiger partial charge in [-0.3, -0.25) is 9.36 Å². The molecule has 0 aromatic rings. The number of ketones is 1. The molecule has 12 heavy (non-hydrogen) atoms. The molecule has 0 unspecified atom stereocenters. The normalized spacial score (nSPS) is 11.6. The molecule has 0 radical (unpaired) electrons. The molecule has 2 N–H and O–H groups in total. The second kappa shape index (κ2) is 5.46. The monoisotopic (exact) mass is 194 g/mol. The van der Waals surface area contributed by atoms with E-state index in [0.717, 1.165) is 6.42 Å². The number of carbonyl (C=O) groups excluding carboxylic acids is 1. The molecule has 0 atom stereocenters. The number of hydrogen-bond acceptors (Lipinski definition) is 2. The lowest BCUT2D eigenvalue weighted by molar-refractivity contribution is -0.119. The molecule has 0 bridgehead atoms. The van der Waals surface area contributed by atoms with Gasteiger partial charge in [0.05, 0.1) is 6.16 Å². The maximum atomic E-state index is 10.9. The minimum atomic E-state index is -3.89. The molecule has 0 aromatic carbocycles. The zero-order valence-corrected chi connectivity index (χ0v) is 8.09. The molecule has 0 aliphatic carbocycles. The lowest BCUT2D eigenvalue weighted by atomic mass is 10.1. The number of hydrogen-bond donors (Lipinski definition) is 2. The van der Waals surface area contributed by atoms with Crippen molar-refractivity contribution >= 4 is 13.4 Å². The predicted molar refractivity (Wildman–Crippen MR) is 46.1 cm³/mol. The highest BCUT2D eigenvalue weighted by molar-refractivity contribution is 7.51. The summed E-state index contributed by atoms with van der Waals surface area (Å²) in [6.45, 7) is 1.90. The topological polar surface area (TPSA) is 74.6 Å². The number of Topliss-reactive ketones (excluding diaryl/α,β-unsaturated/α-hetero) is 1. The summed E-state index contributed by atoms with van der Waals surface area (Å²) in [6, 6.07) is 0. The number of rotatable bonds is 6. The summed E-state index contributed by atoms with van der Waals surface area (Å²) in [4.78, 5) is 27.8. The van der Waals surface area contributed by atoms with Crippen LogP contribution in [0.4, 0.5) is 0 Å². The van der Waals surface area contributed by atoms with E-state index in [9.17, 15) is 9.36 Å². The first-order chi connectivity index (χ1) is 5.45. The SMILES string of the molecule is CCCC(=O)CCCP(=O)(O)O. The second-order valence-corrected chi connectivity index (χ2v) is 4.56. The smallest absolute Gasteiger partial charge is 0.324 e. The Morgan fingerprint density at radius 1 is 1.33 bits per heavy atom. The average molecular weight is 194 g/mol. The van der Waals surface area contributed by atoms with Gasteiger partial charge in [0.2, 0.25) is 0 Å². The average Bonchev–Trinajstić information content (AvgIpc) is 1.84. The van der Waals surface area contributed by atoms with Crippen molar-refractivity contribution in [1.82, 2.24) is 0 Å². The van der Waals surface area contributed by atoms with Gasteiger partial charge >= 0.3 is 7.60 Å². The fourth-order valence-corrected chi connectivity index (χ4v) is 1.46. The Hall–Kier alpha value is -0.180. The summed E-state index contributed by atoms with van der Waals surface area (Å²) < 4.78 is 10.4. The van der Waals surface area contributed by atoms with Gasteiger partial charge in [-0.15, -0.1) is 0 Å². The third-order valence-electron chi connectivity index (χ3n) is 1.43. The van der Waals surface area contributed by atoms with Crippen molar-refractivity contribution < 1.29 is 19.1 Å². The molecule has 5 heteroatoms. The molecule has 0 heterocycles. The summed E-state index contributed by atoms with van der Waals surface area (Å²) in [5.74, 6) is 0.0888. The summed E-state index contributed by atoms with van der Waals surface area (Å²) >= 11 is 0. The highest BCUT2D eigenvalue weighted by Gasteiger charge is 2.12. The van der Waals surface area contributed by atoms with Crippen molar-refractivity contribution in [3.8, 4) is 0 Å². The standard InChI is InChI=1S/C7H15O4P/c1-2-4-7(8)5-3-6-12(9,10)11/h2-6H2,1H3,(H2,9,10,11). The van der Waals surface area contributed by atoms with E-state index in [1.165, 1.54) is 0 Å². The van der Waals surface area contributed by atoms with E-state index in [1.807, 2.05) is 6.92 Å². The van der Waals surface area contributed by atoms with Gasteiger partial charge < -0.3 is 9.79 Å². The Morgan fingerprint density at radius 3 is 2.33 bits per heavy atom. The molecule has 72 valence electrons. The molecule has 0 aliphatic rings. The molecular formula is C7H15O4P. The zero-order chi connectivity index (χ0) is 9.61. The summed E-state index contributed by atoms with van der Waals surface area (Å²) in [5, 5.41) is 0. The van der Waals surface area contributed by atoms with Crippen LogP contribution < -0.4 is 0 Å². The van der Waals surface area contributed by atoms with Gasteiger partial charge in [0.15, 0.2) is 0 Å². The molecule has 0 rings (SSSR count). The van der Waals surface area contributed by atoms with Crippen molar-refractivity contribution in [3.63, 3.8) is 0 Å². The maximum absolute atomic E-state index is 10.9. The minimum absolute atomic E-state index is 0.0888. The Labute approximate surface area is 72.1 Å². The van der Waals surface area contributed by atoms with E-state index < -0.39 is 7.60 Å². The van der Waals surface area contributed by atoms with Gasteiger partial charge in [-0.25, -0.2) is 0 Å². The van der Waals surface area contributed by atoms with Gasteiger partial charge in [-0.05, 0) is 12.8 Å². The Kier molecular flexibility index (Phi) is 5.38. The van der Waals surface area contributed by atoms with E-state index in [1.54, 1.807) is 0 Å². The fourth-order valence-electron chi connectivity index (χ4n) is 0.886. The quantitative estimate of drug-likeness (QED) is 0.625. The molecule has 0 aliphatic heterocycles. The van der Waals surface area contributed by atoms with Gasteiger partial charge in [0, 0.05) is 12.8 Å². The van der Waals surface area contributed by atoms with Gasteiger partial charge in [0.1, 0.15) is 5.78 Å². The zero-order valence-electron chi connectivity index (χ0n) is 7.19. The molecule has 0 amide bonds. The van der Waals surface area contributed by atoms with Crippen molar-refractivity contribution in [2.24, 2.45) is 0 Å². The molecule has 0 fully saturated rings. The van der Waals surface area contributed by atoms with Gasteiger partial charge in [-0.1, -0.05) is 6.92 Å². The van der Waals surface area contributed by atoms with Crippen LogP contribution in [-0.2, 0) is 9.36 Å². The van der Waals surface area contributed by atoms with Crippen LogP contribution in [-0.4, -0.2) is 21.7 Å². The highest BCUT2D eigenvalue weighted by Crippen LogP contribution is 2.35. The van der Waals surface area contributed by atoms with Crippen molar-refractivity contribution in [2.45, 2.75) is 32.6 Å². The lowest BCUT2D eigenvalue weighted by Gasteiger charge is -2.01. The summed E-state index contributed by atoms with van der Waals surface area (Å²) in [5.41, 5.74) is 0. The Morgan fingerprint density at radius 2 is 1.92 bits per heavy atom. The molecular weight excluding hydrogens is 179 g/mol. The minimum Gasteiger partial charge on any atom is -0.324 e. The van der Waals surface area contributed by atoms with Gasteiger partial charge in [0.25, 0.3) is 0 Å². The molecule has 0 saturated carbocycles. The van der Waals surface area contributed by atoms with E-state index in [-0.39, 0.29) is 11.9 Å². The summed E-state index contributed by atoms with van der Waals surface area (Å²) in [6.07, 6.45) is 1.72. The number of carbonyl (C=O) groups is 1. The van der Waals surface area contributed by atoms with E-state index in [2.05, 4.69) is 0 Å². The lowest BCUT2D eigenvalue weighted by Crippen LogP contribution is -1.98. The van der Waals surface area contributed by atoms with Crippen LogP contribution in [0.25, 0.3) is 0 Å². The van der Waals surface area contributed by atoms with Crippen molar-refractivity contribution in [1.29, 1.82) is 0 Å². The van der Waals surface area contributed by atoms with Crippen LogP contribution in [0.3, 0.4) is 0 Å². The summed E-state index contributed by atoms with van der Waals surface area (Å²) in [7, 11) is -3.89. The van der Waals surface area contributed by atoms with Crippen LogP contribution in [0.5, 0.6) is 0 Å². The van der Waals surface area contributed by atoms with Crippen LogP contribution in [0.2, 0.25) is 0 Å². The van der Waals surface area contributed by atoms with Crippen molar-refractivity contribution in [2.75, 3.05) is 6.16 Å². The first-order valence-electron chi connectivity index (χ1n) is 4.02. The van der Waals surface area contributed by atoms with Crippen LogP contribution in [0.15, 0.2) is 0 Å². The first-order valence-corrected chi connectivity index (χ1v) is 5.81. The largest absolute Gasteiger partial charge is 0.325 e. The highest BCUT2D eigenvalue weighted by atomic mass is 31.2. The maximum Gasteiger partial charge on any atom is 0.325 e. The predicted octanol–water partition coefficient (Wildman–Crippen LogP) is 1.31. The van der Waals surface area contributed by atoms with E-state index >= 15 is 0 Å². The second-order valence-electron chi connectivity index (χ2n) is 2.78. The fraction of sp³-hybridized carbons (Fsp3) is 0.857. The van der Waals surface area contributed by atoms with Gasteiger partial charge in [-0.2, -0.15) is 0 Å². The molecule has 0 saturated heterocycles. The Balaban J connectivity index is 3.44. The van der Waals surface area contributed by atoms with Crippen LogP contribution in [0, 0.1) is 0 Å². The van der Waals surface area contributed by atoms with Crippen molar-refractivity contribution in [3.05, 3.63) is 0 Å². The van der Waals surface area contributed by atoms with E-state index in [4.69, 9.17) is 9.79 Å². The molecule has 0 aromatic heterocycles. The molecule has 0 spiro atoms. The van der Waals surface area contributed by atoms with Crippen LogP contribution >= 0.6 is 7.60 Å². The third kappa shape index (κ3) is 7.92. The first kappa shape index (κ1) is 11.8. The van der Waals surface area contributed by atoms with Crippen LogP contribution in [0.1, 0.15) is 32.6 Å². The van der Waals surface area contributed by atoms with E-state index in [0.29, 0.717) is 19.3 Å².